The molecule has 1 N–H and O–H groups in total. The Hall–Kier alpha value is -2.53. The first-order valence-corrected chi connectivity index (χ1v) is 10.7. The van der Waals surface area contributed by atoms with Crippen LogP contribution < -0.4 is 5.48 Å². The number of rotatable bonds is 7. The smallest absolute Gasteiger partial charge is 0.191 e. The van der Waals surface area contributed by atoms with Crippen LogP contribution in [0.2, 0.25) is 0 Å². The third kappa shape index (κ3) is 4.40. The van der Waals surface area contributed by atoms with E-state index in [0.717, 1.165) is 18.2 Å². The van der Waals surface area contributed by atoms with Crippen LogP contribution in [0.25, 0.3) is 11.1 Å². The van der Waals surface area contributed by atoms with Gasteiger partial charge in [-0.1, -0.05) is 42.5 Å². The maximum absolute atomic E-state index is 13.7. The van der Waals surface area contributed by atoms with Crippen LogP contribution in [0, 0.1) is 0 Å². The molecule has 36 heavy (non-hydrogen) atoms. The van der Waals surface area contributed by atoms with Crippen LogP contribution >= 0.6 is 0 Å². The molecule has 2 aromatic rings. The van der Waals surface area contributed by atoms with Gasteiger partial charge in [-0.3, -0.25) is 0 Å². The zero-order chi connectivity index (χ0) is 27.5. The molecule has 0 aliphatic heterocycles. The second kappa shape index (κ2) is 8.51. The van der Waals surface area contributed by atoms with Gasteiger partial charge in [-0.15, -0.1) is 0 Å². The van der Waals surface area contributed by atoms with Gasteiger partial charge in [-0.25, -0.2) is 0 Å². The van der Waals surface area contributed by atoms with Gasteiger partial charge in [0.1, 0.15) is 0 Å². The minimum absolute atomic E-state index is 0.111. The first kappa shape index (κ1) is 28.0. The Morgan fingerprint density at radius 2 is 1.31 bits per heavy atom. The predicted molar refractivity (Wildman–Crippen MR) is 97.5 cm³/mol. The van der Waals surface area contributed by atoms with E-state index in [-0.39, 0.29) is 12.0 Å². The fourth-order valence-electron chi connectivity index (χ4n) is 3.35. The van der Waals surface area contributed by atoms with E-state index in [4.69, 9.17) is 0 Å². The van der Waals surface area contributed by atoms with Gasteiger partial charge < -0.3 is 0 Å². The number of benzene rings is 2. The van der Waals surface area contributed by atoms with Crippen LogP contribution in [0.5, 0.6) is 0 Å². The lowest BCUT2D eigenvalue weighted by Crippen LogP contribution is -2.63. The highest BCUT2D eigenvalue weighted by atomic mass is 32.2. The Bertz CT molecular complexity index is 1260. The molecule has 1 aliphatic carbocycles. The number of nitrogens with one attached hydrogen (secondary N) is 1. The van der Waals surface area contributed by atoms with E-state index in [9.17, 15) is 61.1 Å². The summed E-state index contributed by atoms with van der Waals surface area (Å²) in [6.07, 6.45) is -12.8. The van der Waals surface area contributed by atoms with Gasteiger partial charge in [0.2, 0.25) is 0 Å². The molecule has 0 fully saturated rings. The quantitative estimate of drug-likeness (QED) is 0.278. The lowest BCUT2D eigenvalue weighted by atomic mass is 9.99. The molecular weight excluding hydrogens is 550 g/mol. The molecule has 0 bridgehead atoms. The molecule has 200 valence electrons. The molecule has 0 saturated carbocycles. The standard InChI is InChI=1S/C19H11F12NO3S/c20-15(21,22)14(10-5-6-13-11(8-10)7-9-3-1-2-4-12(9)13)32-35-36(33,34)19(30,31)17(25,26)16(23,24)18(27,28)29/h1-6,8,14,32H,7H2. The second-order valence-corrected chi connectivity index (χ2v) is 9.13. The van der Waals surface area contributed by atoms with Crippen molar-refractivity contribution in [1.29, 1.82) is 0 Å². The molecule has 3 rings (SSSR count). The van der Waals surface area contributed by atoms with E-state index in [1.807, 2.05) is 0 Å². The summed E-state index contributed by atoms with van der Waals surface area (Å²) in [5.74, 6) is -15.3. The Balaban J connectivity index is 1.91. The van der Waals surface area contributed by atoms with Crippen molar-refractivity contribution in [2.75, 3.05) is 0 Å². The van der Waals surface area contributed by atoms with E-state index in [0.29, 0.717) is 22.2 Å². The van der Waals surface area contributed by atoms with Gasteiger partial charge in [0.15, 0.2) is 6.04 Å². The Kier molecular flexibility index (Phi) is 6.63. The minimum atomic E-state index is -7.66. The maximum atomic E-state index is 13.7. The average molecular weight is 561 g/mol. The molecule has 0 heterocycles. The van der Waals surface area contributed by atoms with Crippen molar-refractivity contribution in [2.45, 2.75) is 41.9 Å². The van der Waals surface area contributed by atoms with Crippen molar-refractivity contribution in [1.82, 2.24) is 5.48 Å². The average Bonchev–Trinajstić information content (AvgIpc) is 3.09. The zero-order valence-electron chi connectivity index (χ0n) is 17.0. The molecule has 1 unspecified atom stereocenters. The van der Waals surface area contributed by atoms with Crippen molar-refractivity contribution in [3.8, 4) is 11.1 Å². The van der Waals surface area contributed by atoms with Gasteiger partial charge in [-0.2, -0.15) is 70.9 Å². The molecule has 1 aliphatic rings. The summed E-state index contributed by atoms with van der Waals surface area (Å²) in [5.41, 5.74) is 1.79. The lowest BCUT2D eigenvalue weighted by molar-refractivity contribution is -0.383. The van der Waals surface area contributed by atoms with Crippen molar-refractivity contribution < 1.29 is 65.4 Å². The van der Waals surface area contributed by atoms with Crippen LogP contribution in [-0.2, 0) is 20.8 Å². The topological polar surface area (TPSA) is 55.4 Å². The number of halogens is 12. The van der Waals surface area contributed by atoms with E-state index < -0.39 is 51.2 Å². The highest BCUT2D eigenvalue weighted by Crippen LogP contribution is 2.55. The van der Waals surface area contributed by atoms with Crippen LogP contribution in [0.3, 0.4) is 0 Å². The second-order valence-electron chi connectivity index (χ2n) is 7.54. The Labute approximate surface area is 193 Å². The summed E-state index contributed by atoms with van der Waals surface area (Å²) in [6, 6.07) is 6.10. The molecule has 4 nitrogen and oxygen atoms in total. The van der Waals surface area contributed by atoms with Gasteiger partial charge in [0.05, 0.1) is 0 Å². The van der Waals surface area contributed by atoms with Crippen LogP contribution in [0.1, 0.15) is 22.7 Å². The third-order valence-corrected chi connectivity index (χ3v) is 6.38. The molecule has 0 saturated heterocycles. The van der Waals surface area contributed by atoms with Gasteiger partial charge in [0, 0.05) is 0 Å². The van der Waals surface area contributed by atoms with Crippen molar-refractivity contribution in [2.24, 2.45) is 0 Å². The molecule has 1 atom stereocenters. The number of alkyl halides is 12. The summed E-state index contributed by atoms with van der Waals surface area (Å²) in [4.78, 5) is 0. The number of hydrogen-bond donors (Lipinski definition) is 1. The normalized spacial score (nSPS) is 16.0. The Morgan fingerprint density at radius 3 is 1.86 bits per heavy atom. The highest BCUT2D eigenvalue weighted by molar-refractivity contribution is 7.87. The van der Waals surface area contributed by atoms with E-state index in [1.54, 1.807) is 24.3 Å². The SMILES string of the molecule is O=S(=O)(ONC(c1ccc2c(c1)Cc1ccccc1-2)C(F)(F)F)C(F)(F)C(F)(F)C(F)(F)C(F)(F)F. The first-order chi connectivity index (χ1) is 16.1. The summed E-state index contributed by atoms with van der Waals surface area (Å²) in [7, 11) is -7.55. The third-order valence-electron chi connectivity index (χ3n) is 5.18. The molecule has 17 heteroatoms. The summed E-state index contributed by atoms with van der Waals surface area (Å²) in [5, 5.41) is -7.32. The monoisotopic (exact) mass is 561 g/mol. The van der Waals surface area contributed by atoms with Crippen LogP contribution in [-0.4, -0.2) is 37.9 Å². The van der Waals surface area contributed by atoms with Crippen molar-refractivity contribution in [3.63, 3.8) is 0 Å². The van der Waals surface area contributed by atoms with E-state index in [2.05, 4.69) is 4.28 Å². The molecule has 0 radical (unpaired) electrons. The molecule has 2 aromatic carbocycles. The van der Waals surface area contributed by atoms with Gasteiger partial charge >= 0.3 is 39.6 Å². The molecular formula is C19H11F12NO3S. The van der Waals surface area contributed by atoms with Crippen LogP contribution in [0.4, 0.5) is 52.7 Å². The maximum Gasteiger partial charge on any atom is 0.460 e. The first-order valence-electron chi connectivity index (χ1n) is 9.31. The zero-order valence-corrected chi connectivity index (χ0v) is 17.8. The number of fused-ring (bicyclic) bond motifs is 3. The van der Waals surface area contributed by atoms with E-state index in [1.165, 1.54) is 0 Å². The summed E-state index contributed by atoms with van der Waals surface area (Å²) < 4.78 is 183. The molecule has 0 spiro atoms. The lowest BCUT2D eigenvalue weighted by Gasteiger charge is -2.32. The fourth-order valence-corrected chi connectivity index (χ4v) is 4.12. The Morgan fingerprint density at radius 1 is 0.750 bits per heavy atom. The van der Waals surface area contributed by atoms with Crippen molar-refractivity contribution in [3.05, 3.63) is 59.2 Å². The van der Waals surface area contributed by atoms with Gasteiger partial charge in [-0.05, 0) is 34.2 Å². The number of hydroxylamine groups is 1. The highest BCUT2D eigenvalue weighted by Gasteiger charge is 2.86. The minimum Gasteiger partial charge on any atom is -0.191 e. The predicted octanol–water partition coefficient (Wildman–Crippen LogP) is 6.14. The molecule has 0 amide bonds. The molecule has 0 aromatic heterocycles. The number of hydrogen-bond acceptors (Lipinski definition) is 4. The summed E-state index contributed by atoms with van der Waals surface area (Å²) in [6.45, 7) is 0. The van der Waals surface area contributed by atoms with Crippen molar-refractivity contribution >= 4 is 10.1 Å². The summed E-state index contributed by atoms with van der Waals surface area (Å²) >= 11 is 0. The largest absolute Gasteiger partial charge is 0.460 e. The van der Waals surface area contributed by atoms with Crippen LogP contribution in [0.15, 0.2) is 42.5 Å². The van der Waals surface area contributed by atoms with Gasteiger partial charge in [0.25, 0.3) is 0 Å². The fraction of sp³-hybridized carbons (Fsp3) is 0.368. The van der Waals surface area contributed by atoms with E-state index >= 15 is 0 Å².